The maximum Gasteiger partial charge on any atom is 0.323 e. The van der Waals surface area contributed by atoms with Gasteiger partial charge in [-0.25, -0.2) is 0 Å². The SMILES string of the molecule is C[n+]1c(/C=C/c2cn(CC(=O)O)c3ccccc23)sc2ccccc21. The lowest BCUT2D eigenvalue weighted by molar-refractivity contribution is -0.642. The highest BCUT2D eigenvalue weighted by Gasteiger charge is 2.14. The summed E-state index contributed by atoms with van der Waals surface area (Å²) in [7, 11) is 2.06. The van der Waals surface area contributed by atoms with E-state index in [1.807, 2.05) is 42.6 Å². The number of aliphatic carboxylic acids is 1. The van der Waals surface area contributed by atoms with Gasteiger partial charge in [-0.15, -0.1) is 0 Å². The molecule has 0 aliphatic rings. The van der Waals surface area contributed by atoms with Crippen molar-refractivity contribution in [2.45, 2.75) is 6.54 Å². The standard InChI is InChI=1S/C20H16N2O2S/c1-21-17-8-4-5-9-18(17)25-19(21)11-10-14-12-22(13-20(23)24)16-7-3-2-6-15(14)16/h2-12H,13H2,1H3/p+1. The van der Waals surface area contributed by atoms with E-state index in [1.54, 1.807) is 15.9 Å². The van der Waals surface area contributed by atoms with Crippen LogP contribution in [0.3, 0.4) is 0 Å². The number of rotatable bonds is 4. The molecule has 4 aromatic rings. The first-order chi connectivity index (χ1) is 12.1. The fourth-order valence-corrected chi connectivity index (χ4v) is 4.16. The number of hydrogen-bond acceptors (Lipinski definition) is 2. The van der Waals surface area contributed by atoms with E-state index in [4.69, 9.17) is 5.11 Å². The van der Waals surface area contributed by atoms with Gasteiger partial charge in [0.2, 0.25) is 5.52 Å². The first-order valence-corrected chi connectivity index (χ1v) is 8.80. The number of para-hydroxylation sites is 2. The quantitative estimate of drug-likeness (QED) is 0.567. The van der Waals surface area contributed by atoms with Gasteiger partial charge in [0.05, 0.1) is 0 Å². The van der Waals surface area contributed by atoms with Crippen molar-refractivity contribution in [1.29, 1.82) is 0 Å². The Kier molecular flexibility index (Phi) is 3.86. The van der Waals surface area contributed by atoms with Gasteiger partial charge in [-0.3, -0.25) is 4.79 Å². The molecule has 1 N–H and O–H groups in total. The predicted octanol–water partition coefficient (Wildman–Crippen LogP) is 3.94. The summed E-state index contributed by atoms with van der Waals surface area (Å²) in [5.41, 5.74) is 3.17. The number of benzene rings is 2. The molecule has 0 spiro atoms. The molecule has 4 nitrogen and oxygen atoms in total. The minimum atomic E-state index is -0.841. The van der Waals surface area contributed by atoms with E-state index in [0.717, 1.165) is 21.5 Å². The molecule has 0 saturated carbocycles. The van der Waals surface area contributed by atoms with Crippen LogP contribution in [0.15, 0.2) is 54.7 Å². The number of carboxylic acid groups (broad SMARTS) is 1. The summed E-state index contributed by atoms with van der Waals surface area (Å²) in [6.45, 7) is -0.0367. The van der Waals surface area contributed by atoms with Gasteiger partial charge in [0.25, 0.3) is 5.01 Å². The summed E-state index contributed by atoms with van der Waals surface area (Å²) in [6, 6.07) is 16.2. The van der Waals surface area contributed by atoms with Crippen molar-refractivity contribution in [2.75, 3.05) is 0 Å². The van der Waals surface area contributed by atoms with E-state index < -0.39 is 5.97 Å². The molecule has 2 aromatic carbocycles. The molecular formula is C20H17N2O2S+. The number of thiazole rings is 1. The second kappa shape index (κ2) is 6.18. The zero-order valence-electron chi connectivity index (χ0n) is 13.7. The van der Waals surface area contributed by atoms with Crippen LogP contribution < -0.4 is 4.57 Å². The van der Waals surface area contributed by atoms with Crippen LogP contribution in [0.25, 0.3) is 33.3 Å². The van der Waals surface area contributed by atoms with Gasteiger partial charge in [-0.2, -0.15) is 4.57 Å². The fraction of sp³-hybridized carbons (Fsp3) is 0.100. The van der Waals surface area contributed by atoms with Crippen molar-refractivity contribution < 1.29 is 14.5 Å². The maximum absolute atomic E-state index is 11.1. The van der Waals surface area contributed by atoms with E-state index >= 15 is 0 Å². The van der Waals surface area contributed by atoms with Gasteiger partial charge in [-0.05, 0) is 18.2 Å². The van der Waals surface area contributed by atoms with Gasteiger partial charge in [-0.1, -0.05) is 41.7 Å². The van der Waals surface area contributed by atoms with Crippen LogP contribution in [-0.4, -0.2) is 15.6 Å². The molecule has 0 amide bonds. The number of hydrogen-bond donors (Lipinski definition) is 1. The van der Waals surface area contributed by atoms with E-state index in [2.05, 4.69) is 35.9 Å². The van der Waals surface area contributed by atoms with Crippen LogP contribution in [0, 0.1) is 0 Å². The Bertz CT molecular complexity index is 1120. The van der Waals surface area contributed by atoms with Crippen LogP contribution in [0.1, 0.15) is 10.6 Å². The third-order valence-corrected chi connectivity index (χ3v) is 5.49. The van der Waals surface area contributed by atoms with Gasteiger partial charge >= 0.3 is 5.97 Å². The van der Waals surface area contributed by atoms with Crippen LogP contribution in [-0.2, 0) is 18.4 Å². The number of nitrogens with zero attached hydrogens (tertiary/aromatic N) is 2. The molecule has 4 rings (SSSR count). The lowest BCUT2D eigenvalue weighted by Gasteiger charge is -1.99. The Labute approximate surface area is 148 Å². The number of carboxylic acids is 1. The molecule has 0 aliphatic carbocycles. The van der Waals surface area contributed by atoms with E-state index in [1.165, 1.54) is 10.2 Å². The molecule has 25 heavy (non-hydrogen) atoms. The molecule has 2 aromatic heterocycles. The molecule has 0 atom stereocenters. The maximum atomic E-state index is 11.1. The highest BCUT2D eigenvalue weighted by atomic mass is 32.1. The van der Waals surface area contributed by atoms with Gasteiger partial charge in [0, 0.05) is 34.8 Å². The van der Waals surface area contributed by atoms with Crippen molar-refractivity contribution >= 4 is 50.6 Å². The molecule has 0 saturated heterocycles. The average molecular weight is 349 g/mol. The normalized spacial score (nSPS) is 11.7. The molecule has 0 fully saturated rings. The Morgan fingerprint density at radius 1 is 1.16 bits per heavy atom. The van der Waals surface area contributed by atoms with E-state index in [-0.39, 0.29) is 6.54 Å². The highest BCUT2D eigenvalue weighted by molar-refractivity contribution is 7.18. The van der Waals surface area contributed by atoms with Crippen molar-refractivity contribution in [3.8, 4) is 0 Å². The lowest BCUT2D eigenvalue weighted by atomic mass is 10.1. The molecule has 0 radical (unpaired) electrons. The molecule has 0 unspecified atom stereocenters. The Morgan fingerprint density at radius 2 is 1.92 bits per heavy atom. The fourth-order valence-electron chi connectivity index (χ4n) is 3.11. The number of aryl methyl sites for hydroxylation is 1. The molecule has 2 heterocycles. The third-order valence-electron chi connectivity index (χ3n) is 4.30. The van der Waals surface area contributed by atoms with E-state index in [9.17, 15) is 4.79 Å². The molecule has 124 valence electrons. The lowest BCUT2D eigenvalue weighted by Crippen LogP contribution is -2.28. The van der Waals surface area contributed by atoms with Crippen molar-refractivity contribution in [3.05, 3.63) is 65.3 Å². The monoisotopic (exact) mass is 349 g/mol. The Morgan fingerprint density at radius 3 is 2.72 bits per heavy atom. The van der Waals surface area contributed by atoms with Crippen molar-refractivity contribution in [3.63, 3.8) is 0 Å². The summed E-state index contributed by atoms with van der Waals surface area (Å²) in [4.78, 5) is 11.1. The number of fused-ring (bicyclic) bond motifs is 2. The minimum Gasteiger partial charge on any atom is -0.480 e. The summed E-state index contributed by atoms with van der Waals surface area (Å²) in [6.07, 6.45) is 6.06. The summed E-state index contributed by atoms with van der Waals surface area (Å²) >= 11 is 1.74. The van der Waals surface area contributed by atoms with Gasteiger partial charge in [0.1, 0.15) is 18.3 Å². The highest BCUT2D eigenvalue weighted by Crippen LogP contribution is 2.25. The molecule has 0 bridgehead atoms. The van der Waals surface area contributed by atoms with E-state index in [0.29, 0.717) is 0 Å². The van der Waals surface area contributed by atoms with Crippen molar-refractivity contribution in [2.24, 2.45) is 7.05 Å². The summed E-state index contributed by atoms with van der Waals surface area (Å²) in [5.74, 6) is -0.841. The van der Waals surface area contributed by atoms with Gasteiger partial charge < -0.3 is 9.67 Å². The van der Waals surface area contributed by atoms with Crippen LogP contribution in [0.4, 0.5) is 0 Å². The van der Waals surface area contributed by atoms with Crippen LogP contribution >= 0.6 is 11.3 Å². The smallest absolute Gasteiger partial charge is 0.323 e. The Hall–Kier alpha value is -2.92. The topological polar surface area (TPSA) is 46.1 Å². The molecule has 0 aliphatic heterocycles. The minimum absolute atomic E-state index is 0.0367. The van der Waals surface area contributed by atoms with Crippen molar-refractivity contribution in [1.82, 2.24) is 4.57 Å². The molecule has 5 heteroatoms. The number of carbonyl (C=O) groups is 1. The average Bonchev–Trinajstić information content (AvgIpc) is 3.11. The first kappa shape index (κ1) is 15.6. The number of aromatic nitrogens is 2. The zero-order chi connectivity index (χ0) is 17.4. The van der Waals surface area contributed by atoms with Gasteiger partial charge in [0.15, 0.2) is 0 Å². The summed E-state index contributed by atoms with van der Waals surface area (Å²) in [5, 5.41) is 11.3. The second-order valence-corrected chi connectivity index (χ2v) is 6.99. The Balaban J connectivity index is 1.78. The second-order valence-electron chi connectivity index (χ2n) is 5.92. The first-order valence-electron chi connectivity index (χ1n) is 7.99. The van der Waals surface area contributed by atoms with Crippen LogP contribution in [0.2, 0.25) is 0 Å². The largest absolute Gasteiger partial charge is 0.480 e. The zero-order valence-corrected chi connectivity index (χ0v) is 14.5. The molecular weight excluding hydrogens is 332 g/mol. The van der Waals surface area contributed by atoms with Crippen LogP contribution in [0.5, 0.6) is 0 Å². The third kappa shape index (κ3) is 2.83. The summed E-state index contributed by atoms with van der Waals surface area (Å²) < 4.78 is 5.20. The predicted molar refractivity (Wildman–Crippen MR) is 102 cm³/mol.